The third kappa shape index (κ3) is 4.73. The maximum Gasteiger partial charge on any atom is 0.269 e. The van der Waals surface area contributed by atoms with E-state index < -0.39 is 4.92 Å². The van der Waals surface area contributed by atoms with Crippen molar-refractivity contribution in [3.8, 4) is 0 Å². The van der Waals surface area contributed by atoms with Gasteiger partial charge in [0, 0.05) is 17.8 Å². The van der Waals surface area contributed by atoms with Gasteiger partial charge in [-0.15, -0.1) is 0 Å². The fraction of sp³-hybridized carbons (Fsp3) is 0.235. The molecule has 0 aliphatic rings. The van der Waals surface area contributed by atoms with Crippen LogP contribution in [-0.2, 0) is 0 Å². The van der Waals surface area contributed by atoms with Gasteiger partial charge in [-0.2, -0.15) is 0 Å². The number of rotatable bonds is 5. The first kappa shape index (κ1) is 17.8. The van der Waals surface area contributed by atoms with Crippen LogP contribution in [0, 0.1) is 21.8 Å². The first-order chi connectivity index (χ1) is 11.4. The highest BCUT2D eigenvalue weighted by molar-refractivity contribution is 7.80. The van der Waals surface area contributed by atoms with E-state index in [0.29, 0.717) is 10.8 Å². The number of nitrogens with one attached hydrogen (secondary N) is 2. The van der Waals surface area contributed by atoms with E-state index in [1.165, 1.54) is 24.3 Å². The number of thiocarbonyl (C=S) groups is 1. The molecule has 0 bridgehead atoms. The normalized spacial score (nSPS) is 11.8. The van der Waals surface area contributed by atoms with Gasteiger partial charge in [-0.1, -0.05) is 26.0 Å². The van der Waals surface area contributed by atoms with Crippen LogP contribution in [0.25, 0.3) is 0 Å². The minimum absolute atomic E-state index is 0.0193. The van der Waals surface area contributed by atoms with Gasteiger partial charge in [-0.05, 0) is 48.0 Å². The van der Waals surface area contributed by atoms with Crippen LogP contribution in [0.4, 0.5) is 15.8 Å². The van der Waals surface area contributed by atoms with Crippen molar-refractivity contribution in [2.24, 2.45) is 5.92 Å². The summed E-state index contributed by atoms with van der Waals surface area (Å²) in [6.07, 6.45) is 0. The smallest absolute Gasteiger partial charge is 0.269 e. The fourth-order valence-corrected chi connectivity index (χ4v) is 2.52. The van der Waals surface area contributed by atoms with Crippen LogP contribution in [0.1, 0.15) is 25.5 Å². The van der Waals surface area contributed by atoms with Gasteiger partial charge in [-0.25, -0.2) is 4.39 Å². The number of hydrogen-bond donors (Lipinski definition) is 2. The number of anilines is 1. The number of benzene rings is 2. The van der Waals surface area contributed by atoms with E-state index in [2.05, 4.69) is 10.6 Å². The monoisotopic (exact) mass is 347 g/mol. The molecule has 0 saturated carbocycles. The van der Waals surface area contributed by atoms with Gasteiger partial charge in [0.05, 0.1) is 11.0 Å². The first-order valence-corrected chi connectivity index (χ1v) is 7.85. The van der Waals surface area contributed by atoms with Crippen LogP contribution >= 0.6 is 12.2 Å². The Morgan fingerprint density at radius 3 is 2.21 bits per heavy atom. The fourth-order valence-electron chi connectivity index (χ4n) is 2.28. The van der Waals surface area contributed by atoms with Crippen molar-refractivity contribution in [3.05, 3.63) is 70.0 Å². The molecule has 0 fully saturated rings. The molecule has 24 heavy (non-hydrogen) atoms. The van der Waals surface area contributed by atoms with E-state index in [0.717, 1.165) is 5.56 Å². The van der Waals surface area contributed by atoms with Gasteiger partial charge in [-0.3, -0.25) is 10.1 Å². The molecular weight excluding hydrogens is 329 g/mol. The second-order valence-electron chi connectivity index (χ2n) is 5.68. The van der Waals surface area contributed by atoms with Crippen molar-refractivity contribution in [3.63, 3.8) is 0 Å². The zero-order chi connectivity index (χ0) is 17.7. The third-order valence-electron chi connectivity index (χ3n) is 3.52. The zero-order valence-electron chi connectivity index (χ0n) is 13.3. The number of nitro benzene ring substituents is 1. The molecule has 5 nitrogen and oxygen atoms in total. The highest BCUT2D eigenvalue weighted by Crippen LogP contribution is 2.22. The summed E-state index contributed by atoms with van der Waals surface area (Å²) in [6.45, 7) is 4.07. The molecule has 0 aliphatic carbocycles. The summed E-state index contributed by atoms with van der Waals surface area (Å²) in [5, 5.41) is 17.3. The van der Waals surface area contributed by atoms with Gasteiger partial charge in [0.2, 0.25) is 0 Å². The van der Waals surface area contributed by atoms with Crippen molar-refractivity contribution in [2.45, 2.75) is 19.9 Å². The van der Waals surface area contributed by atoms with Crippen LogP contribution in [-0.4, -0.2) is 10.0 Å². The molecule has 0 aliphatic heterocycles. The largest absolute Gasteiger partial charge is 0.355 e. The lowest BCUT2D eigenvalue weighted by Crippen LogP contribution is -2.34. The molecule has 2 aromatic carbocycles. The van der Waals surface area contributed by atoms with Gasteiger partial charge in [0.1, 0.15) is 5.82 Å². The topological polar surface area (TPSA) is 67.2 Å². The van der Waals surface area contributed by atoms with Crippen molar-refractivity contribution in [2.75, 3.05) is 5.32 Å². The van der Waals surface area contributed by atoms with E-state index in [4.69, 9.17) is 12.2 Å². The molecule has 2 N–H and O–H groups in total. The lowest BCUT2D eigenvalue weighted by atomic mass is 9.96. The minimum Gasteiger partial charge on any atom is -0.355 e. The molecule has 0 saturated heterocycles. The molecule has 2 rings (SSSR count). The molecule has 7 heteroatoms. The molecule has 2 aromatic rings. The quantitative estimate of drug-likeness (QED) is 0.476. The van der Waals surface area contributed by atoms with Crippen LogP contribution in [0.3, 0.4) is 0 Å². The second kappa shape index (κ2) is 7.83. The number of nitro groups is 1. The summed E-state index contributed by atoms with van der Waals surface area (Å²) >= 11 is 5.31. The molecule has 1 atom stereocenters. The average Bonchev–Trinajstić information content (AvgIpc) is 2.54. The van der Waals surface area contributed by atoms with E-state index in [1.807, 2.05) is 13.8 Å². The standard InChI is InChI=1S/C17H18FN3O2S/c1-11(2)16(12-3-5-13(18)6-4-12)20-17(24)19-14-7-9-15(10-8-14)21(22)23/h3-11,16H,1-2H3,(H2,19,20,24)/t16-/m1/s1. The van der Waals surface area contributed by atoms with Gasteiger partial charge in [0.25, 0.3) is 5.69 Å². The lowest BCUT2D eigenvalue weighted by molar-refractivity contribution is -0.384. The second-order valence-corrected chi connectivity index (χ2v) is 6.08. The number of halogens is 1. The Balaban J connectivity index is 2.05. The summed E-state index contributed by atoms with van der Waals surface area (Å²) < 4.78 is 13.1. The van der Waals surface area contributed by atoms with Crippen molar-refractivity contribution >= 4 is 28.7 Å². The Morgan fingerprint density at radius 2 is 1.71 bits per heavy atom. The van der Waals surface area contributed by atoms with E-state index >= 15 is 0 Å². The molecule has 0 radical (unpaired) electrons. The Kier molecular flexibility index (Phi) is 5.81. The highest BCUT2D eigenvalue weighted by Gasteiger charge is 2.17. The molecule has 126 valence electrons. The van der Waals surface area contributed by atoms with Gasteiger partial charge < -0.3 is 10.6 Å². The summed E-state index contributed by atoms with van der Waals surface area (Å²) in [5.74, 6) is -0.0556. The van der Waals surface area contributed by atoms with Crippen molar-refractivity contribution in [1.29, 1.82) is 0 Å². The third-order valence-corrected chi connectivity index (χ3v) is 3.74. The number of hydrogen-bond acceptors (Lipinski definition) is 3. The molecule has 0 spiro atoms. The zero-order valence-corrected chi connectivity index (χ0v) is 14.1. The maximum atomic E-state index is 13.1. The summed E-state index contributed by atoms with van der Waals surface area (Å²) in [4.78, 5) is 10.2. The Morgan fingerprint density at radius 1 is 1.12 bits per heavy atom. The van der Waals surface area contributed by atoms with Crippen LogP contribution in [0.2, 0.25) is 0 Å². The Hall–Kier alpha value is -2.54. The van der Waals surface area contributed by atoms with E-state index in [9.17, 15) is 14.5 Å². The molecule has 0 aromatic heterocycles. The summed E-state index contributed by atoms with van der Waals surface area (Å²) in [6, 6.07) is 12.2. The number of nitrogens with zero attached hydrogens (tertiary/aromatic N) is 1. The van der Waals surface area contributed by atoms with Crippen molar-refractivity contribution < 1.29 is 9.31 Å². The Bertz CT molecular complexity index is 718. The Labute approximate surface area is 145 Å². The van der Waals surface area contributed by atoms with Crippen molar-refractivity contribution in [1.82, 2.24) is 5.32 Å². The lowest BCUT2D eigenvalue weighted by Gasteiger charge is -2.24. The summed E-state index contributed by atoms with van der Waals surface area (Å²) in [5.41, 5.74) is 1.60. The molecule has 0 heterocycles. The molecular formula is C17H18FN3O2S. The van der Waals surface area contributed by atoms with Crippen LogP contribution in [0.15, 0.2) is 48.5 Å². The average molecular weight is 347 g/mol. The molecule has 0 amide bonds. The predicted octanol–water partition coefficient (Wildman–Crippen LogP) is 4.42. The van der Waals surface area contributed by atoms with E-state index in [-0.39, 0.29) is 23.5 Å². The van der Waals surface area contributed by atoms with Gasteiger partial charge in [0.15, 0.2) is 5.11 Å². The van der Waals surface area contributed by atoms with Gasteiger partial charge >= 0.3 is 0 Å². The SMILES string of the molecule is CC(C)[C@@H](NC(=S)Nc1ccc([N+](=O)[O-])cc1)c1ccc(F)cc1. The minimum atomic E-state index is -0.455. The maximum absolute atomic E-state index is 13.1. The number of non-ortho nitro benzene ring substituents is 1. The molecule has 0 unspecified atom stereocenters. The van der Waals surface area contributed by atoms with E-state index in [1.54, 1.807) is 24.3 Å². The highest BCUT2D eigenvalue weighted by atomic mass is 32.1. The summed E-state index contributed by atoms with van der Waals surface area (Å²) in [7, 11) is 0. The van der Waals surface area contributed by atoms with Crippen LogP contribution in [0.5, 0.6) is 0 Å². The van der Waals surface area contributed by atoms with Crippen LogP contribution < -0.4 is 10.6 Å². The predicted molar refractivity (Wildman–Crippen MR) is 96.4 cm³/mol. The first-order valence-electron chi connectivity index (χ1n) is 7.44.